The lowest BCUT2D eigenvalue weighted by atomic mass is 9.77. The second-order valence-electron chi connectivity index (χ2n) is 4.41. The van der Waals surface area contributed by atoms with Crippen LogP contribution >= 0.6 is 28.3 Å². The number of rotatable bonds is 3. The lowest BCUT2D eigenvalue weighted by Gasteiger charge is -2.33. The molecule has 17 heavy (non-hydrogen) atoms. The second kappa shape index (κ2) is 6.14. The third kappa shape index (κ3) is 3.41. The minimum Gasteiger partial charge on any atom is -0.391 e. The molecule has 96 valence electrons. The fourth-order valence-electron chi connectivity index (χ4n) is 2.04. The molecule has 1 aromatic carbocycles. The Bertz CT molecular complexity index is 367. The summed E-state index contributed by atoms with van der Waals surface area (Å²) in [5, 5.41) is 10.0. The highest BCUT2D eigenvalue weighted by Crippen LogP contribution is 2.34. The van der Waals surface area contributed by atoms with Crippen LogP contribution in [0, 0.1) is 11.7 Å². The SMILES string of the molecule is Cl.N[C@H](c1cc(F)cc(Br)c1)[C@@H](O)C1CCC1. The molecule has 2 nitrogen and oxygen atoms in total. The van der Waals surface area contributed by atoms with Crippen molar-refractivity contribution < 1.29 is 9.50 Å². The van der Waals surface area contributed by atoms with Crippen molar-refractivity contribution in [3.8, 4) is 0 Å². The third-order valence-electron chi connectivity index (χ3n) is 3.27. The molecule has 1 saturated carbocycles. The first-order valence-electron chi connectivity index (χ1n) is 5.47. The summed E-state index contributed by atoms with van der Waals surface area (Å²) in [5.41, 5.74) is 6.59. The minimum atomic E-state index is -0.567. The zero-order valence-electron chi connectivity index (χ0n) is 9.27. The first-order valence-corrected chi connectivity index (χ1v) is 6.27. The number of hydrogen-bond donors (Lipinski definition) is 2. The van der Waals surface area contributed by atoms with Gasteiger partial charge in [-0.3, -0.25) is 0 Å². The number of nitrogens with two attached hydrogens (primary N) is 1. The van der Waals surface area contributed by atoms with Crippen molar-refractivity contribution in [3.05, 3.63) is 34.1 Å². The molecule has 1 aliphatic carbocycles. The van der Waals surface area contributed by atoms with Gasteiger partial charge in [0.15, 0.2) is 0 Å². The smallest absolute Gasteiger partial charge is 0.124 e. The van der Waals surface area contributed by atoms with Gasteiger partial charge in [-0.05, 0) is 42.5 Å². The van der Waals surface area contributed by atoms with Crippen LogP contribution in [0.2, 0.25) is 0 Å². The Morgan fingerprint density at radius 2 is 2.00 bits per heavy atom. The van der Waals surface area contributed by atoms with E-state index in [1.54, 1.807) is 6.07 Å². The highest BCUT2D eigenvalue weighted by molar-refractivity contribution is 9.10. The van der Waals surface area contributed by atoms with E-state index in [4.69, 9.17) is 5.73 Å². The third-order valence-corrected chi connectivity index (χ3v) is 3.73. The molecule has 0 bridgehead atoms. The maximum Gasteiger partial charge on any atom is 0.124 e. The van der Waals surface area contributed by atoms with E-state index in [9.17, 15) is 9.50 Å². The molecule has 0 aromatic heterocycles. The van der Waals surface area contributed by atoms with Gasteiger partial charge in [0, 0.05) is 4.47 Å². The maximum atomic E-state index is 13.2. The largest absolute Gasteiger partial charge is 0.391 e. The first-order chi connectivity index (χ1) is 7.58. The monoisotopic (exact) mass is 323 g/mol. The summed E-state index contributed by atoms with van der Waals surface area (Å²) in [6.45, 7) is 0. The zero-order valence-corrected chi connectivity index (χ0v) is 11.7. The molecule has 1 aromatic rings. The molecule has 1 fully saturated rings. The molecule has 0 saturated heterocycles. The summed E-state index contributed by atoms with van der Waals surface area (Å²) in [7, 11) is 0. The average molecular weight is 325 g/mol. The lowest BCUT2D eigenvalue weighted by molar-refractivity contribution is 0.0413. The van der Waals surface area contributed by atoms with E-state index in [0.717, 1.165) is 19.3 Å². The summed E-state index contributed by atoms with van der Waals surface area (Å²) in [6, 6.07) is 4.02. The van der Waals surface area contributed by atoms with Gasteiger partial charge in [0.1, 0.15) is 5.82 Å². The predicted molar refractivity (Wildman–Crippen MR) is 71.6 cm³/mol. The molecule has 0 unspecified atom stereocenters. The van der Waals surface area contributed by atoms with Crippen molar-refractivity contribution in [2.45, 2.75) is 31.4 Å². The van der Waals surface area contributed by atoms with Crippen molar-refractivity contribution in [1.29, 1.82) is 0 Å². The summed E-state index contributed by atoms with van der Waals surface area (Å²) < 4.78 is 13.8. The van der Waals surface area contributed by atoms with Gasteiger partial charge in [-0.25, -0.2) is 4.39 Å². The van der Waals surface area contributed by atoms with Gasteiger partial charge in [-0.2, -0.15) is 0 Å². The van der Waals surface area contributed by atoms with Crippen LogP contribution in [0.5, 0.6) is 0 Å². The van der Waals surface area contributed by atoms with Crippen LogP contribution in [-0.2, 0) is 0 Å². The Balaban J connectivity index is 0.00000144. The summed E-state index contributed by atoms with van der Waals surface area (Å²) in [4.78, 5) is 0. The van der Waals surface area contributed by atoms with Gasteiger partial charge < -0.3 is 10.8 Å². The number of hydrogen-bond acceptors (Lipinski definition) is 2. The molecule has 5 heteroatoms. The van der Waals surface area contributed by atoms with Crippen LogP contribution < -0.4 is 5.73 Å². The molecular weight excluding hydrogens is 308 g/mol. The van der Waals surface area contributed by atoms with E-state index in [0.29, 0.717) is 10.0 Å². The molecule has 0 aliphatic heterocycles. The predicted octanol–water partition coefficient (Wildman–Crippen LogP) is 3.17. The molecular formula is C12H16BrClFNO. The normalized spacial score (nSPS) is 19.1. The van der Waals surface area contributed by atoms with Gasteiger partial charge in [0.25, 0.3) is 0 Å². The Morgan fingerprint density at radius 3 is 2.47 bits per heavy atom. The van der Waals surface area contributed by atoms with Crippen molar-refractivity contribution in [2.75, 3.05) is 0 Å². The van der Waals surface area contributed by atoms with Crippen LogP contribution in [0.3, 0.4) is 0 Å². The van der Waals surface area contributed by atoms with Gasteiger partial charge in [0.05, 0.1) is 12.1 Å². The van der Waals surface area contributed by atoms with Crippen LogP contribution in [-0.4, -0.2) is 11.2 Å². The van der Waals surface area contributed by atoms with Crippen molar-refractivity contribution in [2.24, 2.45) is 11.7 Å². The van der Waals surface area contributed by atoms with E-state index in [2.05, 4.69) is 15.9 Å². The van der Waals surface area contributed by atoms with Crippen LogP contribution in [0.15, 0.2) is 22.7 Å². The Labute approximate surface area is 115 Å². The molecule has 0 spiro atoms. The second-order valence-corrected chi connectivity index (χ2v) is 5.33. The summed E-state index contributed by atoms with van der Waals surface area (Å²) >= 11 is 3.22. The molecule has 0 heterocycles. The van der Waals surface area contributed by atoms with E-state index in [-0.39, 0.29) is 24.1 Å². The molecule has 2 atom stereocenters. The Hall–Kier alpha value is -0.160. The van der Waals surface area contributed by atoms with Gasteiger partial charge in [0.2, 0.25) is 0 Å². The number of aliphatic hydroxyl groups is 1. The van der Waals surface area contributed by atoms with Gasteiger partial charge in [-0.1, -0.05) is 22.4 Å². The first kappa shape index (κ1) is 14.9. The zero-order chi connectivity index (χ0) is 11.7. The van der Waals surface area contributed by atoms with Crippen molar-refractivity contribution in [3.63, 3.8) is 0 Å². The maximum absolute atomic E-state index is 13.2. The average Bonchev–Trinajstić information content (AvgIpc) is 2.12. The van der Waals surface area contributed by atoms with E-state index in [1.165, 1.54) is 12.1 Å². The summed E-state index contributed by atoms with van der Waals surface area (Å²) in [5.74, 6) is -0.0577. The van der Waals surface area contributed by atoms with Crippen molar-refractivity contribution >= 4 is 28.3 Å². The van der Waals surface area contributed by atoms with Crippen molar-refractivity contribution in [1.82, 2.24) is 0 Å². The van der Waals surface area contributed by atoms with E-state index in [1.807, 2.05) is 0 Å². The Kier molecular flexibility index (Phi) is 5.38. The van der Waals surface area contributed by atoms with Crippen LogP contribution in [0.1, 0.15) is 30.9 Å². The fourth-order valence-corrected chi connectivity index (χ4v) is 2.52. The minimum absolute atomic E-state index is 0. The number of benzene rings is 1. The van der Waals surface area contributed by atoms with Gasteiger partial charge in [-0.15, -0.1) is 12.4 Å². The van der Waals surface area contributed by atoms with Crippen LogP contribution in [0.4, 0.5) is 4.39 Å². The molecule has 2 rings (SSSR count). The molecule has 1 aliphatic rings. The molecule has 3 N–H and O–H groups in total. The fraction of sp³-hybridized carbons (Fsp3) is 0.500. The Morgan fingerprint density at radius 1 is 1.35 bits per heavy atom. The topological polar surface area (TPSA) is 46.2 Å². The lowest BCUT2D eigenvalue weighted by Crippen LogP contribution is -2.36. The summed E-state index contributed by atoms with van der Waals surface area (Å²) in [6.07, 6.45) is 2.63. The molecule has 0 radical (unpaired) electrons. The van der Waals surface area contributed by atoms with Gasteiger partial charge >= 0.3 is 0 Å². The standard InChI is InChI=1S/C12H15BrFNO.ClH/c13-9-4-8(5-10(14)6-9)11(15)12(16)7-2-1-3-7;/h4-7,11-12,16H,1-3,15H2;1H/t11-,12+;/m1./s1. The van der Waals surface area contributed by atoms with Crippen LogP contribution in [0.25, 0.3) is 0 Å². The molecule has 0 amide bonds. The van der Waals surface area contributed by atoms with E-state index < -0.39 is 12.1 Å². The number of halogens is 3. The number of aliphatic hydroxyl groups excluding tert-OH is 1. The highest BCUT2D eigenvalue weighted by Gasteiger charge is 2.30. The van der Waals surface area contributed by atoms with E-state index >= 15 is 0 Å². The highest BCUT2D eigenvalue weighted by atomic mass is 79.9. The quantitative estimate of drug-likeness (QED) is 0.897.